The van der Waals surface area contributed by atoms with Crippen molar-refractivity contribution in [1.82, 2.24) is 9.88 Å². The molecular weight excluding hydrogens is 413 g/mol. The normalized spacial score (nSPS) is 15.1. The van der Waals surface area contributed by atoms with Crippen LogP contribution in [0.25, 0.3) is 0 Å². The van der Waals surface area contributed by atoms with Gasteiger partial charge < -0.3 is 19.2 Å². The molecule has 32 heavy (non-hydrogen) atoms. The molecule has 1 amide bonds. The number of oxime groups is 1. The molecule has 0 N–H and O–H groups in total. The molecule has 172 valence electrons. The van der Waals surface area contributed by atoms with E-state index in [9.17, 15) is 9.18 Å². The van der Waals surface area contributed by atoms with Crippen LogP contribution in [0.3, 0.4) is 0 Å². The fraction of sp³-hybridized carbons (Fsp3) is 0.458. The minimum atomic E-state index is -0.502. The number of rotatable bonds is 6. The summed E-state index contributed by atoms with van der Waals surface area (Å²) in [4.78, 5) is 23.2. The van der Waals surface area contributed by atoms with Crippen LogP contribution in [0.15, 0.2) is 41.6 Å². The van der Waals surface area contributed by atoms with Crippen molar-refractivity contribution in [2.45, 2.75) is 51.7 Å². The zero-order chi connectivity index (χ0) is 23.1. The lowest BCUT2D eigenvalue weighted by Crippen LogP contribution is -2.41. The standard InChI is InChI=1S/C24H30FN3O4/c1-24(2,3)32-23(29)28-12-10-18(11-13-28)21-6-5-7-22(27-21)31-16-19-9-8-17(14-20(19)25)15-26-30-4/h5-9,14-15,18H,10-13,16H2,1-4H3. The number of aromatic nitrogens is 1. The summed E-state index contributed by atoms with van der Waals surface area (Å²) in [6.45, 7) is 6.91. The topological polar surface area (TPSA) is 73.2 Å². The molecule has 0 bridgehead atoms. The summed E-state index contributed by atoms with van der Waals surface area (Å²) in [7, 11) is 1.43. The Morgan fingerprint density at radius 2 is 2.00 bits per heavy atom. The summed E-state index contributed by atoms with van der Waals surface area (Å²) in [6, 6.07) is 10.4. The molecule has 0 saturated carbocycles. The van der Waals surface area contributed by atoms with Crippen molar-refractivity contribution in [2.24, 2.45) is 5.16 Å². The molecule has 1 aromatic heterocycles. The maximum atomic E-state index is 14.3. The number of likely N-dealkylation sites (tertiary alicyclic amines) is 1. The van der Waals surface area contributed by atoms with E-state index in [1.165, 1.54) is 19.4 Å². The van der Waals surface area contributed by atoms with Crippen LogP contribution in [0.1, 0.15) is 56.4 Å². The van der Waals surface area contributed by atoms with Crippen LogP contribution in [-0.4, -0.2) is 48.0 Å². The molecule has 1 fully saturated rings. The second-order valence-electron chi connectivity index (χ2n) is 8.70. The summed E-state index contributed by atoms with van der Waals surface area (Å²) >= 11 is 0. The van der Waals surface area contributed by atoms with Crippen LogP contribution in [0, 0.1) is 5.82 Å². The van der Waals surface area contributed by atoms with E-state index in [0.717, 1.165) is 18.5 Å². The largest absolute Gasteiger partial charge is 0.473 e. The first-order valence-corrected chi connectivity index (χ1v) is 10.7. The van der Waals surface area contributed by atoms with Crippen LogP contribution in [0.2, 0.25) is 0 Å². The van der Waals surface area contributed by atoms with E-state index in [1.807, 2.05) is 32.9 Å². The number of hydrogen-bond acceptors (Lipinski definition) is 6. The number of hydrogen-bond donors (Lipinski definition) is 0. The molecule has 0 radical (unpaired) electrons. The molecule has 0 aliphatic carbocycles. The predicted octanol–water partition coefficient (Wildman–Crippen LogP) is 4.89. The van der Waals surface area contributed by atoms with Crippen LogP contribution in [-0.2, 0) is 16.2 Å². The van der Waals surface area contributed by atoms with Crippen molar-refractivity contribution >= 4 is 12.3 Å². The van der Waals surface area contributed by atoms with Gasteiger partial charge in [-0.3, -0.25) is 0 Å². The zero-order valence-corrected chi connectivity index (χ0v) is 19.0. The smallest absolute Gasteiger partial charge is 0.410 e. The number of pyridine rings is 1. The van der Waals surface area contributed by atoms with Gasteiger partial charge in [-0.15, -0.1) is 0 Å². The van der Waals surface area contributed by atoms with Gasteiger partial charge in [0.2, 0.25) is 5.88 Å². The van der Waals surface area contributed by atoms with Crippen molar-refractivity contribution in [1.29, 1.82) is 0 Å². The second-order valence-corrected chi connectivity index (χ2v) is 8.70. The van der Waals surface area contributed by atoms with Crippen molar-refractivity contribution < 1.29 is 23.5 Å². The third-order valence-electron chi connectivity index (χ3n) is 5.07. The molecule has 0 atom stereocenters. The number of piperidine rings is 1. The Morgan fingerprint density at radius 1 is 1.25 bits per heavy atom. The molecule has 0 spiro atoms. The minimum absolute atomic E-state index is 0.0705. The third kappa shape index (κ3) is 6.67. The highest BCUT2D eigenvalue weighted by Crippen LogP contribution is 2.29. The van der Waals surface area contributed by atoms with E-state index in [0.29, 0.717) is 30.1 Å². The first-order valence-electron chi connectivity index (χ1n) is 10.7. The van der Waals surface area contributed by atoms with Crippen LogP contribution >= 0.6 is 0 Å². The second kappa shape index (κ2) is 10.4. The van der Waals surface area contributed by atoms with Gasteiger partial charge in [0, 0.05) is 36.3 Å². The Bertz CT molecular complexity index is 951. The number of ether oxygens (including phenoxy) is 2. The maximum absolute atomic E-state index is 14.3. The Morgan fingerprint density at radius 3 is 2.66 bits per heavy atom. The van der Waals surface area contributed by atoms with E-state index in [4.69, 9.17) is 9.47 Å². The highest BCUT2D eigenvalue weighted by molar-refractivity contribution is 5.79. The van der Waals surface area contributed by atoms with Crippen LogP contribution in [0.5, 0.6) is 5.88 Å². The third-order valence-corrected chi connectivity index (χ3v) is 5.07. The lowest BCUT2D eigenvalue weighted by atomic mass is 9.93. The molecule has 7 nitrogen and oxygen atoms in total. The van der Waals surface area contributed by atoms with E-state index >= 15 is 0 Å². The summed E-state index contributed by atoms with van der Waals surface area (Å²) in [6.07, 6.45) is 2.76. The van der Waals surface area contributed by atoms with Crippen molar-refractivity contribution in [3.05, 3.63) is 59.0 Å². The minimum Gasteiger partial charge on any atom is -0.473 e. The van der Waals surface area contributed by atoms with Gasteiger partial charge in [-0.1, -0.05) is 23.4 Å². The van der Waals surface area contributed by atoms with Gasteiger partial charge in [0.1, 0.15) is 25.1 Å². The van der Waals surface area contributed by atoms with Crippen molar-refractivity contribution in [3.63, 3.8) is 0 Å². The Labute approximate surface area is 188 Å². The van der Waals surface area contributed by atoms with Gasteiger partial charge in [-0.05, 0) is 51.3 Å². The Hall–Kier alpha value is -3.16. The fourth-order valence-corrected chi connectivity index (χ4v) is 3.45. The van der Waals surface area contributed by atoms with Gasteiger partial charge in [-0.2, -0.15) is 0 Å². The fourth-order valence-electron chi connectivity index (χ4n) is 3.45. The quantitative estimate of drug-likeness (QED) is 0.469. The van der Waals surface area contributed by atoms with Gasteiger partial charge in [0.05, 0.1) is 6.21 Å². The Kier molecular flexibility index (Phi) is 7.66. The zero-order valence-electron chi connectivity index (χ0n) is 19.0. The SMILES string of the molecule is CON=Cc1ccc(COc2cccc(C3CCN(C(=O)OC(C)(C)C)CC3)n2)c(F)c1. The number of halogens is 1. The van der Waals surface area contributed by atoms with Crippen molar-refractivity contribution in [2.75, 3.05) is 20.2 Å². The molecule has 0 unspecified atom stereocenters. The van der Waals surface area contributed by atoms with Gasteiger partial charge in [0.25, 0.3) is 0 Å². The maximum Gasteiger partial charge on any atom is 0.410 e. The lowest BCUT2D eigenvalue weighted by Gasteiger charge is -2.33. The number of benzene rings is 1. The average Bonchev–Trinajstić information content (AvgIpc) is 2.76. The number of nitrogens with zero attached hydrogens (tertiary/aromatic N) is 3. The van der Waals surface area contributed by atoms with E-state index in [1.54, 1.807) is 23.1 Å². The molecular formula is C24H30FN3O4. The van der Waals surface area contributed by atoms with Gasteiger partial charge >= 0.3 is 6.09 Å². The molecule has 1 aromatic carbocycles. The van der Waals surface area contributed by atoms with Crippen molar-refractivity contribution in [3.8, 4) is 5.88 Å². The van der Waals surface area contributed by atoms with Gasteiger partial charge in [0.15, 0.2) is 0 Å². The summed E-state index contributed by atoms with van der Waals surface area (Å²) in [5, 5.41) is 3.63. The summed E-state index contributed by atoms with van der Waals surface area (Å²) in [5.41, 5.74) is 1.44. The highest BCUT2D eigenvalue weighted by atomic mass is 19.1. The highest BCUT2D eigenvalue weighted by Gasteiger charge is 2.28. The molecule has 8 heteroatoms. The van der Waals surface area contributed by atoms with Gasteiger partial charge in [-0.25, -0.2) is 14.2 Å². The number of carbonyl (C=O) groups excluding carboxylic acids is 1. The van der Waals surface area contributed by atoms with E-state index in [2.05, 4.69) is 15.0 Å². The summed E-state index contributed by atoms with van der Waals surface area (Å²) < 4.78 is 25.5. The summed E-state index contributed by atoms with van der Waals surface area (Å²) in [5.74, 6) is 0.297. The average molecular weight is 444 g/mol. The van der Waals surface area contributed by atoms with Crippen LogP contribution < -0.4 is 4.74 Å². The molecule has 2 aromatic rings. The first-order chi connectivity index (χ1) is 15.2. The number of amides is 1. The molecule has 2 heterocycles. The molecule has 1 saturated heterocycles. The number of carbonyl (C=O) groups is 1. The molecule has 1 aliphatic rings. The molecule has 3 rings (SSSR count). The lowest BCUT2D eigenvalue weighted by molar-refractivity contribution is 0.0204. The van der Waals surface area contributed by atoms with Crippen LogP contribution in [0.4, 0.5) is 9.18 Å². The molecule has 1 aliphatic heterocycles. The van der Waals surface area contributed by atoms with E-state index < -0.39 is 5.60 Å². The first kappa shape index (κ1) is 23.5. The monoisotopic (exact) mass is 443 g/mol. The Balaban J connectivity index is 1.56. The predicted molar refractivity (Wildman–Crippen MR) is 119 cm³/mol. The van der Waals surface area contributed by atoms with E-state index in [-0.39, 0.29) is 24.4 Å².